The fourth-order valence-corrected chi connectivity index (χ4v) is 2.15. The zero-order chi connectivity index (χ0) is 15.2. The van der Waals surface area contributed by atoms with Crippen molar-refractivity contribution in [3.63, 3.8) is 0 Å². The van der Waals surface area contributed by atoms with Crippen LogP contribution in [0.1, 0.15) is 31.0 Å². The Hall–Kier alpha value is -2.01. The quantitative estimate of drug-likeness (QED) is 0.851. The van der Waals surface area contributed by atoms with E-state index in [4.69, 9.17) is 9.47 Å². The van der Waals surface area contributed by atoms with E-state index in [0.717, 1.165) is 30.2 Å². The van der Waals surface area contributed by atoms with E-state index < -0.39 is 0 Å². The standard InChI is InChI=1S/C16H23N3O2/c1-5-19-11-14(10-18-19)12(2)17-9-13-6-7-15(20-3)8-16(13)21-4/h6-8,10-12,17H,5,9H2,1-4H3. The van der Waals surface area contributed by atoms with Gasteiger partial charge in [0, 0.05) is 42.5 Å². The highest BCUT2D eigenvalue weighted by atomic mass is 16.5. The van der Waals surface area contributed by atoms with Crippen molar-refractivity contribution in [3.05, 3.63) is 41.7 Å². The van der Waals surface area contributed by atoms with Gasteiger partial charge >= 0.3 is 0 Å². The third kappa shape index (κ3) is 3.76. The summed E-state index contributed by atoms with van der Waals surface area (Å²) in [6.45, 7) is 5.83. The number of benzene rings is 1. The Bertz CT molecular complexity index is 581. The summed E-state index contributed by atoms with van der Waals surface area (Å²) in [5, 5.41) is 7.79. The molecule has 1 unspecified atom stereocenters. The first-order chi connectivity index (χ1) is 10.2. The van der Waals surface area contributed by atoms with Crippen LogP contribution < -0.4 is 14.8 Å². The lowest BCUT2D eigenvalue weighted by Gasteiger charge is -2.15. The van der Waals surface area contributed by atoms with Crippen LogP contribution in [0.25, 0.3) is 0 Å². The molecule has 1 aromatic carbocycles. The van der Waals surface area contributed by atoms with Gasteiger partial charge in [0.2, 0.25) is 0 Å². The number of hydrogen-bond donors (Lipinski definition) is 1. The van der Waals surface area contributed by atoms with Gasteiger partial charge in [0.1, 0.15) is 11.5 Å². The zero-order valence-electron chi connectivity index (χ0n) is 13.1. The van der Waals surface area contributed by atoms with Gasteiger partial charge in [0.05, 0.1) is 20.4 Å². The lowest BCUT2D eigenvalue weighted by Crippen LogP contribution is -2.18. The molecule has 0 fully saturated rings. The Kier molecular flexibility index (Phi) is 5.22. The third-order valence-electron chi connectivity index (χ3n) is 3.57. The minimum absolute atomic E-state index is 0.233. The molecule has 2 rings (SSSR count). The predicted octanol–water partition coefficient (Wildman–Crippen LogP) is 2.77. The molecule has 2 aromatic rings. The van der Waals surface area contributed by atoms with Crippen LogP contribution in [0, 0.1) is 0 Å². The van der Waals surface area contributed by atoms with Gasteiger partial charge in [-0.3, -0.25) is 4.68 Å². The highest BCUT2D eigenvalue weighted by molar-refractivity contribution is 5.40. The van der Waals surface area contributed by atoms with Crippen molar-refractivity contribution in [2.45, 2.75) is 33.0 Å². The van der Waals surface area contributed by atoms with Gasteiger partial charge in [0.15, 0.2) is 0 Å². The maximum Gasteiger partial charge on any atom is 0.127 e. The molecule has 0 saturated heterocycles. The molecule has 0 aliphatic heterocycles. The number of rotatable bonds is 7. The maximum absolute atomic E-state index is 5.41. The number of hydrogen-bond acceptors (Lipinski definition) is 4. The average molecular weight is 289 g/mol. The van der Waals surface area contributed by atoms with Crippen LogP contribution in [0.5, 0.6) is 11.5 Å². The molecule has 21 heavy (non-hydrogen) atoms. The molecular weight excluding hydrogens is 266 g/mol. The molecule has 0 spiro atoms. The Balaban J connectivity index is 2.01. The van der Waals surface area contributed by atoms with E-state index in [1.165, 1.54) is 5.56 Å². The van der Waals surface area contributed by atoms with Gasteiger partial charge in [0.25, 0.3) is 0 Å². The van der Waals surface area contributed by atoms with Crippen LogP contribution in [0.3, 0.4) is 0 Å². The smallest absolute Gasteiger partial charge is 0.127 e. The van der Waals surface area contributed by atoms with Crippen LogP contribution in [0.2, 0.25) is 0 Å². The second-order valence-electron chi connectivity index (χ2n) is 4.91. The molecule has 0 saturated carbocycles. The van der Waals surface area contributed by atoms with Crippen molar-refractivity contribution in [1.82, 2.24) is 15.1 Å². The van der Waals surface area contributed by atoms with E-state index >= 15 is 0 Å². The van der Waals surface area contributed by atoms with Crippen LogP contribution in [0.4, 0.5) is 0 Å². The molecule has 0 aliphatic rings. The van der Waals surface area contributed by atoms with E-state index in [1.54, 1.807) is 14.2 Å². The van der Waals surface area contributed by atoms with Crippen molar-refractivity contribution < 1.29 is 9.47 Å². The number of aryl methyl sites for hydroxylation is 1. The monoisotopic (exact) mass is 289 g/mol. The van der Waals surface area contributed by atoms with E-state index in [2.05, 4.69) is 30.5 Å². The number of nitrogens with one attached hydrogen (secondary N) is 1. The van der Waals surface area contributed by atoms with E-state index in [0.29, 0.717) is 0 Å². The molecule has 0 radical (unpaired) electrons. The summed E-state index contributed by atoms with van der Waals surface area (Å²) < 4.78 is 12.6. The van der Waals surface area contributed by atoms with Gasteiger partial charge < -0.3 is 14.8 Å². The lowest BCUT2D eigenvalue weighted by molar-refractivity contribution is 0.389. The Morgan fingerprint density at radius 3 is 2.71 bits per heavy atom. The largest absolute Gasteiger partial charge is 0.497 e. The second-order valence-corrected chi connectivity index (χ2v) is 4.91. The van der Waals surface area contributed by atoms with Crippen LogP contribution >= 0.6 is 0 Å². The zero-order valence-corrected chi connectivity index (χ0v) is 13.1. The van der Waals surface area contributed by atoms with Crippen LogP contribution in [-0.4, -0.2) is 24.0 Å². The minimum atomic E-state index is 0.233. The first-order valence-corrected chi connectivity index (χ1v) is 7.14. The summed E-state index contributed by atoms with van der Waals surface area (Å²) in [6, 6.07) is 6.10. The lowest BCUT2D eigenvalue weighted by atomic mass is 10.1. The fourth-order valence-electron chi connectivity index (χ4n) is 2.15. The number of nitrogens with zero attached hydrogens (tertiary/aromatic N) is 2. The molecule has 1 heterocycles. The number of methoxy groups -OCH3 is 2. The summed E-state index contributed by atoms with van der Waals surface area (Å²) >= 11 is 0. The summed E-state index contributed by atoms with van der Waals surface area (Å²) in [5.41, 5.74) is 2.29. The average Bonchev–Trinajstić information content (AvgIpc) is 3.01. The highest BCUT2D eigenvalue weighted by Crippen LogP contribution is 2.25. The van der Waals surface area contributed by atoms with Crippen molar-refractivity contribution in [1.29, 1.82) is 0 Å². The minimum Gasteiger partial charge on any atom is -0.497 e. The van der Waals surface area contributed by atoms with Crippen molar-refractivity contribution in [2.24, 2.45) is 0 Å². The van der Waals surface area contributed by atoms with Crippen LogP contribution in [0.15, 0.2) is 30.6 Å². The second kappa shape index (κ2) is 7.13. The Morgan fingerprint density at radius 2 is 2.10 bits per heavy atom. The summed E-state index contributed by atoms with van der Waals surface area (Å²) in [7, 11) is 3.33. The molecule has 1 aromatic heterocycles. The van der Waals surface area contributed by atoms with E-state index in [-0.39, 0.29) is 6.04 Å². The van der Waals surface area contributed by atoms with Gasteiger partial charge in [-0.2, -0.15) is 5.10 Å². The van der Waals surface area contributed by atoms with Gasteiger partial charge in [-0.05, 0) is 19.9 Å². The molecule has 5 heteroatoms. The first kappa shape index (κ1) is 15.4. The van der Waals surface area contributed by atoms with Gasteiger partial charge in [-0.25, -0.2) is 0 Å². The SMILES string of the molecule is CCn1cc(C(C)NCc2ccc(OC)cc2OC)cn1. The van der Waals surface area contributed by atoms with Gasteiger partial charge in [-0.15, -0.1) is 0 Å². The molecule has 1 N–H and O–H groups in total. The van der Waals surface area contributed by atoms with Crippen molar-refractivity contribution in [3.8, 4) is 11.5 Å². The Morgan fingerprint density at radius 1 is 1.29 bits per heavy atom. The highest BCUT2D eigenvalue weighted by Gasteiger charge is 2.10. The molecule has 5 nitrogen and oxygen atoms in total. The Labute approximate surface area is 125 Å². The molecular formula is C16H23N3O2. The van der Waals surface area contributed by atoms with E-state index in [9.17, 15) is 0 Å². The molecule has 1 atom stereocenters. The van der Waals surface area contributed by atoms with Gasteiger partial charge in [-0.1, -0.05) is 6.07 Å². The molecule has 0 aliphatic carbocycles. The van der Waals surface area contributed by atoms with Crippen LogP contribution in [-0.2, 0) is 13.1 Å². The first-order valence-electron chi connectivity index (χ1n) is 7.14. The topological polar surface area (TPSA) is 48.3 Å². The summed E-state index contributed by atoms with van der Waals surface area (Å²) in [5.74, 6) is 1.63. The summed E-state index contributed by atoms with van der Waals surface area (Å²) in [6.07, 6.45) is 3.98. The van der Waals surface area contributed by atoms with Crippen molar-refractivity contribution in [2.75, 3.05) is 14.2 Å². The summed E-state index contributed by atoms with van der Waals surface area (Å²) in [4.78, 5) is 0. The van der Waals surface area contributed by atoms with E-state index in [1.807, 2.05) is 29.1 Å². The number of ether oxygens (including phenoxy) is 2. The predicted molar refractivity (Wildman–Crippen MR) is 82.7 cm³/mol. The third-order valence-corrected chi connectivity index (χ3v) is 3.57. The maximum atomic E-state index is 5.41. The normalized spacial score (nSPS) is 12.2. The molecule has 0 bridgehead atoms. The number of aromatic nitrogens is 2. The molecule has 114 valence electrons. The van der Waals surface area contributed by atoms with Crippen molar-refractivity contribution >= 4 is 0 Å². The molecule has 0 amide bonds. The fraction of sp³-hybridized carbons (Fsp3) is 0.438.